The second kappa shape index (κ2) is 11.3. The van der Waals surface area contributed by atoms with Crippen molar-refractivity contribution in [1.29, 1.82) is 0 Å². The van der Waals surface area contributed by atoms with E-state index in [1.807, 2.05) is 18.2 Å². The number of rotatable bonds is 6. The van der Waals surface area contributed by atoms with E-state index in [9.17, 15) is 28.7 Å². The van der Waals surface area contributed by atoms with Crippen LogP contribution in [-0.4, -0.2) is 41.9 Å². The number of fused-ring (bicyclic) bond motifs is 4. The molecule has 8 nitrogen and oxygen atoms in total. The van der Waals surface area contributed by atoms with Crippen molar-refractivity contribution >= 4 is 58.2 Å². The number of aliphatic hydroxyl groups excluding tert-OH is 1. The molecule has 2 heterocycles. The van der Waals surface area contributed by atoms with Crippen LogP contribution in [-0.2, 0) is 19.2 Å². The van der Waals surface area contributed by atoms with Crippen LogP contribution in [0.2, 0.25) is 10.0 Å². The summed E-state index contributed by atoms with van der Waals surface area (Å²) in [7, 11) is 0. The van der Waals surface area contributed by atoms with E-state index in [-0.39, 0.29) is 42.2 Å². The van der Waals surface area contributed by atoms with E-state index in [0.717, 1.165) is 22.1 Å². The molecule has 4 aliphatic rings. The molecule has 1 saturated carbocycles. The summed E-state index contributed by atoms with van der Waals surface area (Å²) in [6, 6.07) is 17.4. The average Bonchev–Trinajstić information content (AvgIpc) is 3.41. The lowest BCUT2D eigenvalue weighted by Gasteiger charge is -2.49. The van der Waals surface area contributed by atoms with Crippen LogP contribution in [0.1, 0.15) is 31.2 Å². The Labute approximate surface area is 274 Å². The average molecular weight is 664 g/mol. The first-order valence-electron chi connectivity index (χ1n) is 15.1. The predicted molar refractivity (Wildman–Crippen MR) is 169 cm³/mol. The number of allylic oxidation sites excluding steroid dienone is 2. The van der Waals surface area contributed by atoms with E-state index < -0.39 is 52.6 Å². The van der Waals surface area contributed by atoms with Crippen LogP contribution < -0.4 is 14.5 Å². The fourth-order valence-electron chi connectivity index (χ4n) is 8.03. The summed E-state index contributed by atoms with van der Waals surface area (Å²) in [6.07, 6.45) is 2.46. The van der Waals surface area contributed by atoms with Gasteiger partial charge in [0.1, 0.15) is 18.2 Å². The monoisotopic (exact) mass is 662 g/mol. The number of hydrogen-bond donors (Lipinski definition) is 1. The molecule has 1 N–H and O–H groups in total. The molecule has 2 saturated heterocycles. The maximum absolute atomic E-state index is 14.5. The number of imide groups is 2. The SMILES string of the molecule is C[C@@]12C(=O)N(c3ccc(F)c(Cl)c3)C(=O)[C@@H]1C[C@@H]1C(=CC[C@@H]3C(=O)N(c4ccc(Cl)cc4)C(=O)[C@@H]31)[C@@H]2c1ccc(OCCO)cc1. The van der Waals surface area contributed by atoms with Gasteiger partial charge in [0.05, 0.1) is 46.2 Å². The summed E-state index contributed by atoms with van der Waals surface area (Å²) < 4.78 is 19.7. The normalized spacial score (nSPS) is 28.6. The maximum atomic E-state index is 14.5. The molecular formula is C35H29Cl2FN2O6. The zero-order chi connectivity index (χ0) is 32.5. The van der Waals surface area contributed by atoms with E-state index >= 15 is 0 Å². The van der Waals surface area contributed by atoms with Gasteiger partial charge in [-0.1, -0.05) is 47.0 Å². The Morgan fingerprint density at radius 3 is 2.26 bits per heavy atom. The third-order valence-electron chi connectivity index (χ3n) is 10.1. The number of benzene rings is 3. The number of nitrogens with zero attached hydrogens (tertiary/aromatic N) is 2. The highest BCUT2D eigenvalue weighted by Gasteiger charge is 2.67. The molecule has 11 heteroatoms. The Bertz CT molecular complexity index is 1810. The van der Waals surface area contributed by atoms with E-state index in [4.69, 9.17) is 27.9 Å². The number of carbonyl (C=O) groups excluding carboxylic acids is 4. The van der Waals surface area contributed by atoms with Crippen LogP contribution >= 0.6 is 23.2 Å². The van der Waals surface area contributed by atoms with Gasteiger partial charge in [-0.25, -0.2) is 9.29 Å². The molecule has 3 fully saturated rings. The smallest absolute Gasteiger partial charge is 0.241 e. The molecule has 2 aliphatic heterocycles. The summed E-state index contributed by atoms with van der Waals surface area (Å²) in [5, 5.41) is 9.44. The van der Waals surface area contributed by atoms with E-state index in [0.29, 0.717) is 22.9 Å². The lowest BCUT2D eigenvalue weighted by molar-refractivity contribution is -0.131. The van der Waals surface area contributed by atoms with Crippen molar-refractivity contribution in [3.8, 4) is 5.75 Å². The zero-order valence-electron chi connectivity index (χ0n) is 24.7. The first-order valence-corrected chi connectivity index (χ1v) is 15.8. The van der Waals surface area contributed by atoms with Crippen LogP contribution in [0.3, 0.4) is 0 Å². The van der Waals surface area contributed by atoms with Gasteiger partial charge in [0, 0.05) is 10.9 Å². The van der Waals surface area contributed by atoms with Crippen LogP contribution in [0, 0.1) is 34.9 Å². The molecule has 7 rings (SSSR count). The third kappa shape index (κ3) is 4.51. The summed E-state index contributed by atoms with van der Waals surface area (Å²) in [5.74, 6) is -5.00. The third-order valence-corrected chi connectivity index (χ3v) is 10.6. The minimum Gasteiger partial charge on any atom is -0.491 e. The molecule has 0 spiro atoms. The Kier molecular flexibility index (Phi) is 7.54. The number of anilines is 2. The molecule has 236 valence electrons. The highest BCUT2D eigenvalue weighted by Crippen LogP contribution is 2.63. The van der Waals surface area contributed by atoms with Gasteiger partial charge in [-0.15, -0.1) is 0 Å². The molecule has 4 amide bonds. The Balaban J connectivity index is 1.34. The lowest BCUT2D eigenvalue weighted by Crippen LogP contribution is -2.48. The minimum atomic E-state index is -1.26. The number of halogens is 3. The van der Waals surface area contributed by atoms with Crippen molar-refractivity contribution in [3.05, 3.63) is 99.8 Å². The summed E-state index contributed by atoms with van der Waals surface area (Å²) in [5.41, 5.74) is 0.909. The second-order valence-electron chi connectivity index (χ2n) is 12.4. The molecule has 2 aliphatic carbocycles. The van der Waals surface area contributed by atoms with Gasteiger partial charge in [-0.2, -0.15) is 0 Å². The largest absolute Gasteiger partial charge is 0.491 e. The van der Waals surface area contributed by atoms with Gasteiger partial charge in [0.15, 0.2) is 0 Å². The number of hydrogen-bond acceptors (Lipinski definition) is 6. The Morgan fingerprint density at radius 1 is 0.891 bits per heavy atom. The second-order valence-corrected chi connectivity index (χ2v) is 13.2. The van der Waals surface area contributed by atoms with Crippen LogP contribution in [0.15, 0.2) is 78.4 Å². The van der Waals surface area contributed by atoms with Crippen LogP contribution in [0.5, 0.6) is 5.75 Å². The predicted octanol–water partition coefficient (Wildman–Crippen LogP) is 5.94. The topological polar surface area (TPSA) is 104 Å². The summed E-state index contributed by atoms with van der Waals surface area (Å²) >= 11 is 12.1. The number of carbonyl (C=O) groups is 4. The van der Waals surface area contributed by atoms with Gasteiger partial charge in [0.2, 0.25) is 23.6 Å². The van der Waals surface area contributed by atoms with Crippen molar-refractivity contribution in [1.82, 2.24) is 0 Å². The number of amides is 4. The Hall–Kier alpha value is -4.05. The van der Waals surface area contributed by atoms with Crippen molar-refractivity contribution in [2.45, 2.75) is 25.7 Å². The molecule has 6 atom stereocenters. The van der Waals surface area contributed by atoms with Gasteiger partial charge in [0.25, 0.3) is 0 Å². The quantitative estimate of drug-likeness (QED) is 0.259. The van der Waals surface area contributed by atoms with Gasteiger partial charge >= 0.3 is 0 Å². The molecule has 3 aromatic rings. The highest BCUT2D eigenvalue weighted by atomic mass is 35.5. The van der Waals surface area contributed by atoms with Crippen molar-refractivity contribution in [3.63, 3.8) is 0 Å². The lowest BCUT2D eigenvalue weighted by atomic mass is 9.51. The molecule has 3 aromatic carbocycles. The number of ether oxygens (including phenoxy) is 1. The standard InChI is InChI=1S/C35H29Cl2FN2O6/c1-35-26(32(43)40(34(35)45)21-8-13-28(38)27(37)16-21)17-25-23(30(35)18-2-9-22(10-3-18)46-15-14-41)11-12-24-29(25)33(44)39(31(24)42)20-6-4-19(36)5-7-20/h2-11,13,16,24-26,29-30,41H,12,14-15,17H2,1H3/t24-,25+,26-,29-,30-,35+/m0/s1. The highest BCUT2D eigenvalue weighted by molar-refractivity contribution is 6.32. The van der Waals surface area contributed by atoms with Crippen molar-refractivity contribution < 1.29 is 33.4 Å². The van der Waals surface area contributed by atoms with Gasteiger partial charge in [-0.05, 0) is 85.8 Å². The molecule has 0 unspecified atom stereocenters. The summed E-state index contributed by atoms with van der Waals surface area (Å²) in [4.78, 5) is 58.9. The fourth-order valence-corrected chi connectivity index (χ4v) is 8.33. The zero-order valence-corrected chi connectivity index (χ0v) is 26.2. The fraction of sp³-hybridized carbons (Fsp3) is 0.314. The van der Waals surface area contributed by atoms with Crippen LogP contribution in [0.25, 0.3) is 0 Å². The van der Waals surface area contributed by atoms with Crippen molar-refractivity contribution in [2.24, 2.45) is 29.1 Å². The number of aliphatic hydroxyl groups is 1. The van der Waals surface area contributed by atoms with E-state index in [1.54, 1.807) is 43.3 Å². The molecule has 0 radical (unpaired) electrons. The molecule has 46 heavy (non-hydrogen) atoms. The van der Waals surface area contributed by atoms with E-state index in [1.165, 1.54) is 17.0 Å². The van der Waals surface area contributed by atoms with Crippen LogP contribution in [0.4, 0.5) is 15.8 Å². The molecule has 0 bridgehead atoms. The van der Waals surface area contributed by atoms with Gasteiger partial charge in [-0.3, -0.25) is 24.1 Å². The Morgan fingerprint density at radius 2 is 1.59 bits per heavy atom. The van der Waals surface area contributed by atoms with Crippen molar-refractivity contribution in [2.75, 3.05) is 23.0 Å². The first-order chi connectivity index (χ1) is 22.1. The van der Waals surface area contributed by atoms with Gasteiger partial charge < -0.3 is 9.84 Å². The first kappa shape index (κ1) is 30.6. The van der Waals surface area contributed by atoms with E-state index in [2.05, 4.69) is 0 Å². The minimum absolute atomic E-state index is 0.112. The molecular weight excluding hydrogens is 634 g/mol. The maximum Gasteiger partial charge on any atom is 0.241 e. The molecule has 0 aromatic heterocycles. The summed E-state index contributed by atoms with van der Waals surface area (Å²) in [6.45, 7) is 1.73.